The van der Waals surface area contributed by atoms with Gasteiger partial charge in [0.2, 0.25) is 0 Å². The monoisotopic (exact) mass is 213 g/mol. The number of carbonyl (C=O) groups is 1. The summed E-state index contributed by atoms with van der Waals surface area (Å²) in [7, 11) is 0. The molecule has 0 spiro atoms. The molecule has 0 aromatic heterocycles. The summed E-state index contributed by atoms with van der Waals surface area (Å²) in [5.74, 6) is -0.356. The highest BCUT2D eigenvalue weighted by atomic mass is 16.5. The minimum Gasteiger partial charge on any atom is -0.461 e. The Kier molecular flexibility index (Phi) is 5.14. The summed E-state index contributed by atoms with van der Waals surface area (Å²) in [6.45, 7) is 6.95. The van der Waals surface area contributed by atoms with Crippen molar-refractivity contribution in [3.8, 4) is 0 Å². The van der Waals surface area contributed by atoms with Gasteiger partial charge in [0.25, 0.3) is 0 Å². The van der Waals surface area contributed by atoms with Gasteiger partial charge in [0.1, 0.15) is 6.61 Å². The van der Waals surface area contributed by atoms with Crippen molar-refractivity contribution < 1.29 is 9.53 Å². The average molecular weight is 213 g/mol. The van der Waals surface area contributed by atoms with Crippen molar-refractivity contribution in [2.45, 2.75) is 6.92 Å². The lowest BCUT2D eigenvalue weighted by Gasteiger charge is -2.26. The van der Waals surface area contributed by atoms with Crippen molar-refractivity contribution in [2.75, 3.05) is 39.3 Å². The quantitative estimate of drug-likeness (QED) is 0.477. The van der Waals surface area contributed by atoms with Crippen LogP contribution in [-0.4, -0.2) is 50.2 Å². The summed E-state index contributed by atoms with van der Waals surface area (Å²) in [6, 6.07) is 0. The Morgan fingerprint density at radius 3 is 2.80 bits per heavy atom. The van der Waals surface area contributed by atoms with E-state index in [1.54, 1.807) is 6.92 Å². The molecule has 5 heteroatoms. The van der Waals surface area contributed by atoms with Gasteiger partial charge in [0.15, 0.2) is 0 Å². The topological polar surface area (TPSA) is 67.6 Å². The van der Waals surface area contributed by atoms with E-state index in [2.05, 4.69) is 10.2 Å². The molecule has 1 fully saturated rings. The molecule has 5 nitrogen and oxygen atoms in total. The van der Waals surface area contributed by atoms with Crippen LogP contribution in [-0.2, 0) is 9.53 Å². The summed E-state index contributed by atoms with van der Waals surface area (Å²) in [5.41, 5.74) is 5.82. The fraction of sp³-hybridized carbons (Fsp3) is 0.700. The molecule has 0 aromatic rings. The van der Waals surface area contributed by atoms with Crippen molar-refractivity contribution in [2.24, 2.45) is 5.73 Å². The Labute approximate surface area is 90.3 Å². The fourth-order valence-electron chi connectivity index (χ4n) is 1.44. The molecular weight excluding hydrogens is 194 g/mol. The third-order valence-electron chi connectivity index (χ3n) is 2.21. The fourth-order valence-corrected chi connectivity index (χ4v) is 1.44. The minimum atomic E-state index is -0.356. The molecule has 86 valence electrons. The second kappa shape index (κ2) is 6.42. The van der Waals surface area contributed by atoms with Crippen LogP contribution in [0.25, 0.3) is 0 Å². The van der Waals surface area contributed by atoms with Crippen LogP contribution in [0.2, 0.25) is 0 Å². The third-order valence-corrected chi connectivity index (χ3v) is 2.21. The van der Waals surface area contributed by atoms with Crippen molar-refractivity contribution in [3.05, 3.63) is 11.8 Å². The molecule has 0 radical (unpaired) electrons. The summed E-state index contributed by atoms with van der Waals surface area (Å²) in [6.07, 6.45) is 1.30. The number of allylic oxidation sites excluding steroid dienone is 1. The number of nitrogens with one attached hydrogen (secondary N) is 1. The molecule has 0 aromatic carbocycles. The van der Waals surface area contributed by atoms with Crippen LogP contribution in [0.5, 0.6) is 0 Å². The molecule has 0 unspecified atom stereocenters. The summed E-state index contributed by atoms with van der Waals surface area (Å²) in [5, 5.41) is 3.26. The van der Waals surface area contributed by atoms with Crippen LogP contribution in [0.4, 0.5) is 0 Å². The van der Waals surface area contributed by atoms with Gasteiger partial charge in [-0.3, -0.25) is 4.90 Å². The number of carbonyl (C=O) groups excluding carboxylic acids is 1. The lowest BCUT2D eigenvalue weighted by molar-refractivity contribution is -0.138. The molecule has 1 rings (SSSR count). The van der Waals surface area contributed by atoms with Gasteiger partial charge in [-0.25, -0.2) is 4.79 Å². The van der Waals surface area contributed by atoms with Crippen LogP contribution in [0, 0.1) is 0 Å². The van der Waals surface area contributed by atoms with E-state index in [-0.39, 0.29) is 5.97 Å². The van der Waals surface area contributed by atoms with Crippen LogP contribution >= 0.6 is 0 Å². The molecule has 0 atom stereocenters. The first-order valence-corrected chi connectivity index (χ1v) is 5.22. The Bertz CT molecular complexity index is 231. The first-order valence-electron chi connectivity index (χ1n) is 5.22. The van der Waals surface area contributed by atoms with Crippen molar-refractivity contribution in [3.63, 3.8) is 0 Å². The molecule has 1 aliphatic heterocycles. The molecule has 0 bridgehead atoms. The van der Waals surface area contributed by atoms with Crippen molar-refractivity contribution in [1.29, 1.82) is 0 Å². The van der Waals surface area contributed by atoms with E-state index in [0.717, 1.165) is 32.7 Å². The summed E-state index contributed by atoms with van der Waals surface area (Å²) in [4.78, 5) is 13.4. The van der Waals surface area contributed by atoms with Gasteiger partial charge in [0, 0.05) is 44.5 Å². The van der Waals surface area contributed by atoms with E-state index >= 15 is 0 Å². The van der Waals surface area contributed by atoms with Gasteiger partial charge in [-0.05, 0) is 6.92 Å². The van der Waals surface area contributed by atoms with Crippen LogP contribution < -0.4 is 11.1 Å². The number of hydrogen-bond acceptors (Lipinski definition) is 5. The van der Waals surface area contributed by atoms with E-state index in [1.165, 1.54) is 6.08 Å². The predicted octanol–water partition coefficient (Wildman–Crippen LogP) is -0.703. The van der Waals surface area contributed by atoms with E-state index in [0.29, 0.717) is 12.3 Å². The van der Waals surface area contributed by atoms with Gasteiger partial charge in [-0.1, -0.05) is 0 Å². The molecule has 15 heavy (non-hydrogen) atoms. The van der Waals surface area contributed by atoms with E-state index in [1.807, 2.05) is 0 Å². The lowest BCUT2D eigenvalue weighted by atomic mass is 10.3. The van der Waals surface area contributed by atoms with Gasteiger partial charge in [-0.2, -0.15) is 0 Å². The van der Waals surface area contributed by atoms with Gasteiger partial charge >= 0.3 is 5.97 Å². The number of nitrogens with two attached hydrogens (primary N) is 1. The highest BCUT2D eigenvalue weighted by Crippen LogP contribution is 1.92. The molecule has 0 amide bonds. The molecule has 3 N–H and O–H groups in total. The zero-order valence-electron chi connectivity index (χ0n) is 9.16. The van der Waals surface area contributed by atoms with Gasteiger partial charge in [-0.15, -0.1) is 0 Å². The Morgan fingerprint density at radius 1 is 1.53 bits per heavy atom. The SMILES string of the molecule is CC(N)=CC(=O)OCCN1CCNCC1. The first kappa shape index (κ1) is 12.0. The summed E-state index contributed by atoms with van der Waals surface area (Å²) >= 11 is 0. The van der Waals surface area contributed by atoms with Crippen LogP contribution in [0.15, 0.2) is 11.8 Å². The van der Waals surface area contributed by atoms with E-state index in [4.69, 9.17) is 10.5 Å². The number of piperazine rings is 1. The van der Waals surface area contributed by atoms with E-state index in [9.17, 15) is 4.79 Å². The molecule has 1 heterocycles. The minimum absolute atomic E-state index is 0.356. The summed E-state index contributed by atoms with van der Waals surface area (Å²) < 4.78 is 5.00. The number of rotatable bonds is 4. The Hall–Kier alpha value is -1.07. The molecule has 0 aliphatic carbocycles. The van der Waals surface area contributed by atoms with Crippen molar-refractivity contribution >= 4 is 5.97 Å². The lowest BCUT2D eigenvalue weighted by Crippen LogP contribution is -2.44. The largest absolute Gasteiger partial charge is 0.461 e. The maximum Gasteiger partial charge on any atom is 0.332 e. The Morgan fingerprint density at radius 2 is 2.20 bits per heavy atom. The van der Waals surface area contributed by atoms with E-state index < -0.39 is 0 Å². The molecule has 1 aliphatic rings. The maximum absolute atomic E-state index is 11.1. The maximum atomic E-state index is 11.1. The standard InChI is InChI=1S/C10H19N3O2/c1-9(11)8-10(14)15-7-6-13-4-2-12-3-5-13/h8,12H,2-7,11H2,1H3. The molecule has 0 saturated carbocycles. The van der Waals surface area contributed by atoms with Crippen LogP contribution in [0.1, 0.15) is 6.92 Å². The normalized spacial score (nSPS) is 18.9. The zero-order chi connectivity index (χ0) is 11.1. The van der Waals surface area contributed by atoms with Crippen molar-refractivity contribution in [1.82, 2.24) is 10.2 Å². The molecule has 1 saturated heterocycles. The third kappa shape index (κ3) is 5.39. The Balaban J connectivity index is 2.10. The first-order chi connectivity index (χ1) is 7.18. The number of nitrogens with zero attached hydrogens (tertiary/aromatic N) is 1. The van der Waals surface area contributed by atoms with Crippen LogP contribution in [0.3, 0.4) is 0 Å². The highest BCUT2D eigenvalue weighted by molar-refractivity contribution is 5.82. The van der Waals surface area contributed by atoms with Gasteiger partial charge < -0.3 is 15.8 Å². The number of hydrogen-bond donors (Lipinski definition) is 2. The number of esters is 1. The number of ether oxygens (including phenoxy) is 1. The second-order valence-electron chi connectivity index (χ2n) is 3.65. The smallest absolute Gasteiger partial charge is 0.332 e. The second-order valence-corrected chi connectivity index (χ2v) is 3.65. The van der Waals surface area contributed by atoms with Gasteiger partial charge in [0.05, 0.1) is 0 Å². The predicted molar refractivity (Wildman–Crippen MR) is 58.2 cm³/mol. The average Bonchev–Trinajstić information content (AvgIpc) is 2.18. The highest BCUT2D eigenvalue weighted by Gasteiger charge is 2.09. The zero-order valence-corrected chi connectivity index (χ0v) is 9.16. The molecular formula is C10H19N3O2.